The summed E-state index contributed by atoms with van der Waals surface area (Å²) in [6.45, 7) is 2.11. The highest BCUT2D eigenvalue weighted by Gasteiger charge is 2.16. The molecule has 0 aliphatic carbocycles. The summed E-state index contributed by atoms with van der Waals surface area (Å²) in [5.74, 6) is 0.666. The van der Waals surface area contributed by atoms with Crippen LogP contribution in [0.1, 0.15) is 21.1 Å². The number of primary amides is 1. The number of carbonyl (C=O) groups excluding carboxylic acids is 1. The molecule has 0 aliphatic rings. The fourth-order valence-corrected chi connectivity index (χ4v) is 2.59. The number of thiazole rings is 1. The lowest BCUT2D eigenvalue weighted by Crippen LogP contribution is -2.11. The molecule has 2 N–H and O–H groups in total. The topological polar surface area (TPSA) is 78.3 Å². The van der Waals surface area contributed by atoms with E-state index in [9.17, 15) is 4.79 Å². The second-order valence-electron chi connectivity index (χ2n) is 4.27. The third kappa shape index (κ3) is 2.25. The van der Waals surface area contributed by atoms with Crippen molar-refractivity contribution in [1.82, 2.24) is 4.98 Å². The molecule has 2 heterocycles. The summed E-state index contributed by atoms with van der Waals surface area (Å²) in [6, 6.07) is 5.33. The molecule has 1 amide bonds. The van der Waals surface area contributed by atoms with Crippen LogP contribution in [0.25, 0.3) is 11.0 Å². The van der Waals surface area contributed by atoms with Gasteiger partial charge in [0, 0.05) is 17.0 Å². The molecule has 1 aromatic carbocycles. The SMILES string of the molecule is Cc1oc2ccc(OCc3nccs3)cc2c1C(N)=O. The van der Waals surface area contributed by atoms with E-state index >= 15 is 0 Å². The van der Waals surface area contributed by atoms with Crippen molar-refractivity contribution in [3.05, 3.63) is 46.1 Å². The van der Waals surface area contributed by atoms with Crippen molar-refractivity contribution >= 4 is 28.2 Å². The fraction of sp³-hybridized carbons (Fsp3) is 0.143. The quantitative estimate of drug-likeness (QED) is 0.800. The van der Waals surface area contributed by atoms with Gasteiger partial charge in [0.05, 0.1) is 5.56 Å². The molecule has 0 saturated heterocycles. The molecular formula is C14H12N2O3S. The number of amides is 1. The molecule has 3 rings (SSSR count). The van der Waals surface area contributed by atoms with Gasteiger partial charge in [0.15, 0.2) is 0 Å². The minimum Gasteiger partial charge on any atom is -0.486 e. The summed E-state index contributed by atoms with van der Waals surface area (Å²) in [5.41, 5.74) is 6.40. The molecule has 20 heavy (non-hydrogen) atoms. The molecule has 0 spiro atoms. The van der Waals surface area contributed by atoms with Crippen molar-refractivity contribution in [2.24, 2.45) is 5.73 Å². The van der Waals surface area contributed by atoms with E-state index < -0.39 is 5.91 Å². The second-order valence-corrected chi connectivity index (χ2v) is 5.25. The zero-order chi connectivity index (χ0) is 14.1. The summed E-state index contributed by atoms with van der Waals surface area (Å²) in [4.78, 5) is 15.6. The molecule has 102 valence electrons. The van der Waals surface area contributed by atoms with Crippen molar-refractivity contribution in [1.29, 1.82) is 0 Å². The number of rotatable bonds is 4. The van der Waals surface area contributed by atoms with Gasteiger partial charge in [0.2, 0.25) is 0 Å². The molecular weight excluding hydrogens is 276 g/mol. The molecule has 6 heteroatoms. The Morgan fingerprint density at radius 1 is 1.50 bits per heavy atom. The van der Waals surface area contributed by atoms with Crippen molar-refractivity contribution in [3.63, 3.8) is 0 Å². The maximum Gasteiger partial charge on any atom is 0.252 e. The number of hydrogen-bond donors (Lipinski definition) is 1. The van der Waals surface area contributed by atoms with Crippen LogP contribution in [0.5, 0.6) is 5.75 Å². The minimum absolute atomic E-state index is 0.395. The maximum absolute atomic E-state index is 11.5. The molecule has 3 aromatic rings. The number of nitrogens with zero attached hydrogens (tertiary/aromatic N) is 1. The van der Waals surface area contributed by atoms with Crippen molar-refractivity contribution < 1.29 is 13.9 Å². The Bertz CT molecular complexity index is 762. The number of carbonyl (C=O) groups is 1. The predicted molar refractivity (Wildman–Crippen MR) is 75.9 cm³/mol. The van der Waals surface area contributed by atoms with Gasteiger partial charge in [-0.3, -0.25) is 4.79 Å². The maximum atomic E-state index is 11.5. The van der Waals surface area contributed by atoms with E-state index in [2.05, 4.69) is 4.98 Å². The van der Waals surface area contributed by atoms with Gasteiger partial charge in [0.1, 0.15) is 28.7 Å². The first-order chi connectivity index (χ1) is 9.65. The van der Waals surface area contributed by atoms with Gasteiger partial charge < -0.3 is 14.9 Å². The highest BCUT2D eigenvalue weighted by atomic mass is 32.1. The Hall–Kier alpha value is -2.34. The molecule has 0 aliphatic heterocycles. The number of nitrogens with two attached hydrogens (primary N) is 1. The smallest absolute Gasteiger partial charge is 0.252 e. The van der Waals surface area contributed by atoms with E-state index in [1.807, 2.05) is 5.38 Å². The first-order valence-corrected chi connectivity index (χ1v) is 6.87. The Morgan fingerprint density at radius 3 is 3.05 bits per heavy atom. The van der Waals surface area contributed by atoms with E-state index in [1.54, 1.807) is 31.3 Å². The first kappa shape index (κ1) is 12.7. The zero-order valence-electron chi connectivity index (χ0n) is 10.8. The van der Waals surface area contributed by atoms with E-state index in [0.717, 1.165) is 5.01 Å². The van der Waals surface area contributed by atoms with Crippen LogP contribution < -0.4 is 10.5 Å². The van der Waals surface area contributed by atoms with E-state index in [4.69, 9.17) is 14.9 Å². The second kappa shape index (κ2) is 4.97. The van der Waals surface area contributed by atoms with Crippen LogP contribution in [0.3, 0.4) is 0 Å². The van der Waals surface area contributed by atoms with Gasteiger partial charge in [-0.15, -0.1) is 11.3 Å². The summed E-state index contributed by atoms with van der Waals surface area (Å²) < 4.78 is 11.2. The number of ether oxygens (including phenoxy) is 1. The van der Waals surface area contributed by atoms with Crippen LogP contribution in [0.2, 0.25) is 0 Å². The van der Waals surface area contributed by atoms with Crippen molar-refractivity contribution in [2.45, 2.75) is 13.5 Å². The molecule has 5 nitrogen and oxygen atoms in total. The fourth-order valence-electron chi connectivity index (χ4n) is 2.06. The van der Waals surface area contributed by atoms with Crippen LogP contribution >= 0.6 is 11.3 Å². The molecule has 0 atom stereocenters. The van der Waals surface area contributed by atoms with Gasteiger partial charge in [-0.25, -0.2) is 4.98 Å². The Labute approximate surface area is 119 Å². The minimum atomic E-state index is -0.502. The van der Waals surface area contributed by atoms with Crippen LogP contribution in [0.15, 0.2) is 34.2 Å². The van der Waals surface area contributed by atoms with E-state index in [0.29, 0.717) is 34.6 Å². The van der Waals surface area contributed by atoms with Crippen LogP contribution in [0.4, 0.5) is 0 Å². The van der Waals surface area contributed by atoms with Crippen molar-refractivity contribution in [2.75, 3.05) is 0 Å². The van der Waals surface area contributed by atoms with Gasteiger partial charge in [-0.1, -0.05) is 0 Å². The average Bonchev–Trinajstić information content (AvgIpc) is 3.01. The first-order valence-electron chi connectivity index (χ1n) is 5.99. The molecule has 0 fully saturated rings. The predicted octanol–water partition coefficient (Wildman–Crippen LogP) is 2.88. The van der Waals surface area contributed by atoms with Crippen LogP contribution in [-0.2, 0) is 6.61 Å². The monoisotopic (exact) mass is 288 g/mol. The van der Waals surface area contributed by atoms with Crippen LogP contribution in [-0.4, -0.2) is 10.9 Å². The third-order valence-corrected chi connectivity index (χ3v) is 3.68. The molecule has 2 aromatic heterocycles. The van der Waals surface area contributed by atoms with Gasteiger partial charge in [-0.2, -0.15) is 0 Å². The standard InChI is InChI=1S/C14H12N2O3S/c1-8-13(14(15)17)10-6-9(2-3-11(10)19-8)18-7-12-16-4-5-20-12/h2-6H,7H2,1H3,(H2,15,17). The number of benzene rings is 1. The molecule has 0 saturated carbocycles. The zero-order valence-corrected chi connectivity index (χ0v) is 11.6. The van der Waals surface area contributed by atoms with Gasteiger partial charge in [0.25, 0.3) is 5.91 Å². The Morgan fingerprint density at radius 2 is 2.35 bits per heavy atom. The number of aryl methyl sites for hydroxylation is 1. The largest absolute Gasteiger partial charge is 0.486 e. The van der Waals surface area contributed by atoms with E-state index in [-0.39, 0.29) is 0 Å². The number of furan rings is 1. The lowest BCUT2D eigenvalue weighted by molar-refractivity contribution is 0.1000. The molecule has 0 bridgehead atoms. The number of aromatic nitrogens is 1. The normalized spacial score (nSPS) is 10.8. The van der Waals surface area contributed by atoms with Gasteiger partial charge in [-0.05, 0) is 25.1 Å². The summed E-state index contributed by atoms with van der Waals surface area (Å²) in [7, 11) is 0. The molecule has 0 unspecified atom stereocenters. The Kier molecular flexibility index (Phi) is 3.15. The lowest BCUT2D eigenvalue weighted by atomic mass is 10.1. The summed E-state index contributed by atoms with van der Waals surface area (Å²) >= 11 is 1.53. The highest BCUT2D eigenvalue weighted by molar-refractivity contribution is 7.09. The third-order valence-electron chi connectivity index (χ3n) is 2.93. The van der Waals surface area contributed by atoms with Crippen molar-refractivity contribution in [3.8, 4) is 5.75 Å². The highest BCUT2D eigenvalue weighted by Crippen LogP contribution is 2.29. The number of fused-ring (bicyclic) bond motifs is 1. The molecule has 0 radical (unpaired) electrons. The Balaban J connectivity index is 1.93. The van der Waals surface area contributed by atoms with E-state index in [1.165, 1.54) is 11.3 Å². The number of hydrogen-bond acceptors (Lipinski definition) is 5. The van der Waals surface area contributed by atoms with Gasteiger partial charge >= 0.3 is 0 Å². The summed E-state index contributed by atoms with van der Waals surface area (Å²) in [5, 5.41) is 3.46. The van der Waals surface area contributed by atoms with Crippen LogP contribution in [0, 0.1) is 6.92 Å². The lowest BCUT2D eigenvalue weighted by Gasteiger charge is -2.04. The summed E-state index contributed by atoms with van der Waals surface area (Å²) in [6.07, 6.45) is 1.73. The average molecular weight is 288 g/mol.